The number of benzene rings is 1. The highest BCUT2D eigenvalue weighted by Crippen LogP contribution is 2.29. The van der Waals surface area contributed by atoms with Crippen LogP contribution < -0.4 is 15.5 Å². The van der Waals surface area contributed by atoms with Crippen LogP contribution in [0.2, 0.25) is 0 Å². The SMILES string of the molecule is CCOC(=O)c1nn(-c2ccc(OS(=O)(=O)C(F)(F)F)cc2)c(=O)c2c(N)scc12. The van der Waals surface area contributed by atoms with Crippen LogP contribution in [0.1, 0.15) is 17.4 Å². The molecule has 0 unspecified atom stereocenters. The van der Waals surface area contributed by atoms with E-state index in [1.807, 2.05) is 0 Å². The zero-order chi connectivity index (χ0) is 22.3. The molecule has 9 nitrogen and oxygen atoms in total. The summed E-state index contributed by atoms with van der Waals surface area (Å²) in [7, 11) is -5.85. The Morgan fingerprint density at radius 1 is 1.27 bits per heavy atom. The largest absolute Gasteiger partial charge is 0.534 e. The Morgan fingerprint density at radius 2 is 1.90 bits per heavy atom. The lowest BCUT2D eigenvalue weighted by molar-refractivity contribution is -0.0500. The molecule has 0 saturated carbocycles. The van der Waals surface area contributed by atoms with Crippen LogP contribution in [0.25, 0.3) is 16.5 Å². The molecule has 3 rings (SSSR count). The number of nitrogen functional groups attached to an aromatic ring is 1. The van der Waals surface area contributed by atoms with Gasteiger partial charge in [0.15, 0.2) is 5.69 Å². The molecule has 3 aromatic rings. The van der Waals surface area contributed by atoms with Crippen molar-refractivity contribution in [2.75, 3.05) is 12.3 Å². The van der Waals surface area contributed by atoms with Crippen molar-refractivity contribution in [3.63, 3.8) is 0 Å². The molecule has 0 radical (unpaired) electrons. The van der Waals surface area contributed by atoms with Gasteiger partial charge in [-0.2, -0.15) is 31.4 Å². The van der Waals surface area contributed by atoms with Crippen LogP contribution in [-0.4, -0.2) is 36.3 Å². The summed E-state index contributed by atoms with van der Waals surface area (Å²) in [5, 5.41) is 5.83. The molecule has 14 heteroatoms. The zero-order valence-electron chi connectivity index (χ0n) is 15.0. The fourth-order valence-electron chi connectivity index (χ4n) is 2.42. The Hall–Kier alpha value is -3.13. The summed E-state index contributed by atoms with van der Waals surface area (Å²) in [6.45, 7) is 1.64. The van der Waals surface area contributed by atoms with Gasteiger partial charge in [0.25, 0.3) is 5.56 Å². The van der Waals surface area contributed by atoms with Crippen LogP contribution >= 0.6 is 11.3 Å². The first-order chi connectivity index (χ1) is 14.0. The van der Waals surface area contributed by atoms with Gasteiger partial charge in [0, 0.05) is 10.8 Å². The van der Waals surface area contributed by atoms with Gasteiger partial charge >= 0.3 is 21.6 Å². The van der Waals surface area contributed by atoms with Gasteiger partial charge in [0.2, 0.25) is 0 Å². The molecule has 30 heavy (non-hydrogen) atoms. The number of esters is 1. The summed E-state index contributed by atoms with van der Waals surface area (Å²) in [6, 6.07) is 3.99. The van der Waals surface area contributed by atoms with E-state index in [1.165, 1.54) is 5.38 Å². The van der Waals surface area contributed by atoms with E-state index in [0.29, 0.717) is 0 Å². The van der Waals surface area contributed by atoms with Crippen molar-refractivity contribution in [2.45, 2.75) is 12.4 Å². The van der Waals surface area contributed by atoms with E-state index in [9.17, 15) is 31.2 Å². The third kappa shape index (κ3) is 3.82. The number of carbonyl (C=O) groups excluding carboxylic acids is 1. The molecular formula is C16H12F3N3O6S2. The van der Waals surface area contributed by atoms with Crippen molar-refractivity contribution in [2.24, 2.45) is 0 Å². The molecule has 0 fully saturated rings. The van der Waals surface area contributed by atoms with Crippen molar-refractivity contribution < 1.29 is 35.3 Å². The number of hydrogen-bond acceptors (Lipinski definition) is 9. The second-order valence-electron chi connectivity index (χ2n) is 5.65. The number of ether oxygens (including phenoxy) is 1. The van der Waals surface area contributed by atoms with Crippen LogP contribution in [0.3, 0.4) is 0 Å². The molecular weight excluding hydrogens is 451 g/mol. The van der Waals surface area contributed by atoms with Gasteiger partial charge in [0.05, 0.1) is 22.7 Å². The molecule has 1 aromatic carbocycles. The first-order valence-electron chi connectivity index (χ1n) is 8.04. The minimum absolute atomic E-state index is 0.0230. The van der Waals surface area contributed by atoms with E-state index in [-0.39, 0.29) is 33.8 Å². The van der Waals surface area contributed by atoms with E-state index in [4.69, 9.17) is 10.5 Å². The number of anilines is 1. The molecule has 0 aliphatic carbocycles. The van der Waals surface area contributed by atoms with Crippen molar-refractivity contribution in [3.8, 4) is 11.4 Å². The molecule has 0 aliphatic heterocycles. The smallest absolute Gasteiger partial charge is 0.461 e. The summed E-state index contributed by atoms with van der Waals surface area (Å²) in [5.41, 5.74) is -0.609. The molecule has 0 spiro atoms. The second kappa shape index (κ2) is 7.60. The number of rotatable bonds is 5. The number of thiophene rings is 1. The standard InChI is InChI=1S/C16H12F3N3O6S2/c1-2-27-15(24)12-10-7-29-13(20)11(10)14(23)22(21-12)8-3-5-9(6-4-8)28-30(25,26)16(17,18)19/h3-7H,2,20H2,1H3. The fourth-order valence-corrected chi connectivity index (χ4v) is 3.66. The molecule has 2 N–H and O–H groups in total. The van der Waals surface area contributed by atoms with Crippen LogP contribution in [-0.2, 0) is 14.9 Å². The Balaban J connectivity index is 2.09. The summed E-state index contributed by atoms with van der Waals surface area (Å²) < 4.78 is 69.2. The van der Waals surface area contributed by atoms with E-state index in [1.54, 1.807) is 6.92 Å². The van der Waals surface area contributed by atoms with Crippen LogP contribution in [0.15, 0.2) is 34.4 Å². The number of fused-ring (bicyclic) bond motifs is 1. The topological polar surface area (TPSA) is 131 Å². The Labute approximate surface area is 170 Å². The van der Waals surface area contributed by atoms with Gasteiger partial charge in [-0.15, -0.1) is 11.3 Å². The molecule has 160 valence electrons. The van der Waals surface area contributed by atoms with Crippen molar-refractivity contribution in [1.29, 1.82) is 0 Å². The minimum atomic E-state index is -5.85. The van der Waals surface area contributed by atoms with E-state index in [2.05, 4.69) is 9.28 Å². The van der Waals surface area contributed by atoms with E-state index < -0.39 is 32.9 Å². The van der Waals surface area contributed by atoms with Gasteiger partial charge < -0.3 is 14.7 Å². The fraction of sp³-hybridized carbons (Fsp3) is 0.188. The summed E-state index contributed by atoms with van der Waals surface area (Å²) in [6.07, 6.45) is 0. The summed E-state index contributed by atoms with van der Waals surface area (Å²) in [4.78, 5) is 25.0. The Kier molecular flexibility index (Phi) is 5.47. The monoisotopic (exact) mass is 463 g/mol. The molecule has 0 saturated heterocycles. The van der Waals surface area contributed by atoms with Crippen molar-refractivity contribution in [3.05, 3.63) is 45.7 Å². The quantitative estimate of drug-likeness (QED) is 0.347. The first-order valence-corrected chi connectivity index (χ1v) is 10.3. The maximum Gasteiger partial charge on any atom is 0.534 e. The highest BCUT2D eigenvalue weighted by molar-refractivity contribution is 7.88. The molecule has 2 aromatic heterocycles. The minimum Gasteiger partial charge on any atom is -0.461 e. The number of nitrogens with zero attached hydrogens (tertiary/aromatic N) is 2. The first kappa shape index (κ1) is 21.6. The highest BCUT2D eigenvalue weighted by Gasteiger charge is 2.48. The third-order valence-corrected chi connectivity index (χ3v) is 5.51. The van der Waals surface area contributed by atoms with Crippen LogP contribution in [0, 0.1) is 0 Å². The molecule has 0 atom stereocenters. The highest BCUT2D eigenvalue weighted by atomic mass is 32.2. The number of hydrogen-bond donors (Lipinski definition) is 1. The predicted molar refractivity (Wildman–Crippen MR) is 101 cm³/mol. The summed E-state index contributed by atoms with van der Waals surface area (Å²) in [5.74, 6) is -1.43. The van der Waals surface area contributed by atoms with E-state index >= 15 is 0 Å². The Morgan fingerprint density at radius 3 is 2.47 bits per heavy atom. The lowest BCUT2D eigenvalue weighted by atomic mass is 10.2. The van der Waals surface area contributed by atoms with E-state index in [0.717, 1.165) is 40.3 Å². The summed E-state index contributed by atoms with van der Waals surface area (Å²) >= 11 is 1.02. The van der Waals surface area contributed by atoms with Crippen molar-refractivity contribution >= 4 is 43.2 Å². The normalized spacial score (nSPS) is 12.1. The maximum absolute atomic E-state index is 12.8. The average molecular weight is 463 g/mol. The van der Waals surface area contributed by atoms with Gasteiger partial charge in [-0.3, -0.25) is 4.79 Å². The van der Waals surface area contributed by atoms with Crippen LogP contribution in [0.4, 0.5) is 18.2 Å². The number of halogens is 3. The molecule has 0 aliphatic rings. The Bertz CT molecular complexity index is 1280. The lowest BCUT2D eigenvalue weighted by Crippen LogP contribution is -2.28. The maximum atomic E-state index is 12.8. The molecule has 0 amide bonds. The second-order valence-corrected chi connectivity index (χ2v) is 8.10. The van der Waals surface area contributed by atoms with Crippen molar-refractivity contribution in [1.82, 2.24) is 9.78 Å². The van der Waals surface area contributed by atoms with Gasteiger partial charge in [0.1, 0.15) is 5.75 Å². The lowest BCUT2D eigenvalue weighted by Gasteiger charge is -2.11. The predicted octanol–water partition coefficient (Wildman–Crippen LogP) is 2.43. The number of aromatic nitrogens is 2. The molecule has 0 bridgehead atoms. The van der Waals surface area contributed by atoms with Crippen LogP contribution in [0.5, 0.6) is 5.75 Å². The number of alkyl halides is 3. The molecule has 2 heterocycles. The van der Waals surface area contributed by atoms with Gasteiger partial charge in [-0.05, 0) is 31.2 Å². The third-order valence-electron chi connectivity index (χ3n) is 3.72. The van der Waals surface area contributed by atoms with Gasteiger partial charge in [-0.25, -0.2) is 4.79 Å². The number of carbonyl (C=O) groups is 1. The zero-order valence-corrected chi connectivity index (χ0v) is 16.6. The van der Waals surface area contributed by atoms with Gasteiger partial charge in [-0.1, -0.05) is 0 Å². The number of nitrogens with two attached hydrogens (primary N) is 1. The average Bonchev–Trinajstić information content (AvgIpc) is 3.04.